The maximum absolute atomic E-state index is 13.1. The van der Waals surface area contributed by atoms with Crippen LogP contribution in [0.25, 0.3) is 0 Å². The molecule has 0 aromatic heterocycles. The largest absolute Gasteiger partial charge is 0.466 e. The van der Waals surface area contributed by atoms with Crippen LogP contribution in [0, 0.1) is 29.6 Å². The van der Waals surface area contributed by atoms with Crippen molar-refractivity contribution in [3.05, 3.63) is 11.1 Å². The number of esters is 3. The van der Waals surface area contributed by atoms with E-state index in [-0.39, 0.29) is 54.2 Å². The molecule has 0 amide bonds. The van der Waals surface area contributed by atoms with Crippen LogP contribution in [0.2, 0.25) is 18.1 Å². The van der Waals surface area contributed by atoms with Crippen molar-refractivity contribution in [1.82, 2.24) is 0 Å². The Kier molecular flexibility index (Phi) is 5.77. The van der Waals surface area contributed by atoms with Crippen molar-refractivity contribution in [2.75, 3.05) is 6.61 Å². The van der Waals surface area contributed by atoms with Crippen LogP contribution in [-0.4, -0.2) is 44.7 Å². The van der Waals surface area contributed by atoms with Crippen LogP contribution in [0.1, 0.15) is 53.4 Å². The number of ketones is 1. The molecule has 6 atom stereocenters. The van der Waals surface area contributed by atoms with Crippen molar-refractivity contribution in [1.29, 1.82) is 0 Å². The smallest absolute Gasteiger partial charge is 0.318 e. The van der Waals surface area contributed by atoms with Crippen LogP contribution in [0.5, 0.6) is 0 Å². The van der Waals surface area contributed by atoms with Gasteiger partial charge in [0.2, 0.25) is 0 Å². The van der Waals surface area contributed by atoms with E-state index in [1.165, 1.54) is 0 Å². The van der Waals surface area contributed by atoms with Gasteiger partial charge in [-0.2, -0.15) is 0 Å². The van der Waals surface area contributed by atoms with E-state index in [1.807, 2.05) is 0 Å². The van der Waals surface area contributed by atoms with Gasteiger partial charge >= 0.3 is 17.9 Å². The monoisotopic (exact) mass is 462 g/mol. The summed E-state index contributed by atoms with van der Waals surface area (Å²) in [6, 6.07) is 0. The maximum Gasteiger partial charge on any atom is 0.318 e. The van der Waals surface area contributed by atoms with Crippen molar-refractivity contribution in [3.63, 3.8) is 0 Å². The predicted octanol–water partition coefficient (Wildman–Crippen LogP) is 3.57. The Morgan fingerprint density at radius 2 is 1.72 bits per heavy atom. The highest BCUT2D eigenvalue weighted by molar-refractivity contribution is 6.74. The maximum atomic E-state index is 13.1. The average molecular weight is 463 g/mol. The molecule has 7 nitrogen and oxygen atoms in total. The van der Waals surface area contributed by atoms with Crippen LogP contribution in [0.4, 0.5) is 0 Å². The van der Waals surface area contributed by atoms with Crippen molar-refractivity contribution in [3.8, 4) is 0 Å². The lowest BCUT2D eigenvalue weighted by atomic mass is 9.64. The number of hydrogen-bond acceptors (Lipinski definition) is 7. The lowest BCUT2D eigenvalue weighted by Crippen LogP contribution is -2.43. The first-order valence-corrected chi connectivity index (χ1v) is 14.6. The lowest BCUT2D eigenvalue weighted by Gasteiger charge is -2.38. The van der Waals surface area contributed by atoms with E-state index in [4.69, 9.17) is 13.9 Å². The molecule has 1 saturated heterocycles. The van der Waals surface area contributed by atoms with Gasteiger partial charge in [-0.05, 0) is 55.3 Å². The summed E-state index contributed by atoms with van der Waals surface area (Å²) in [4.78, 5) is 50.8. The van der Waals surface area contributed by atoms with Crippen molar-refractivity contribution in [2.45, 2.75) is 77.6 Å². The van der Waals surface area contributed by atoms with E-state index in [0.717, 1.165) is 5.57 Å². The van der Waals surface area contributed by atoms with E-state index < -0.39 is 38.0 Å². The SMILES string of the molecule is CCOC(=O)C[C@@H]1CC(=O)C2=C3C[C@H](O[Si](C)(C)C(C)(C)C)C[C@H]3[C@H]3C(=O)OC(=O)[C@H]3[C@H]21. The highest BCUT2D eigenvalue weighted by Gasteiger charge is 2.63. The fraction of sp³-hybridized carbons (Fsp3) is 0.750. The molecule has 0 bridgehead atoms. The molecule has 0 aromatic rings. The van der Waals surface area contributed by atoms with E-state index in [9.17, 15) is 19.2 Å². The first kappa shape index (κ1) is 23.4. The van der Waals surface area contributed by atoms with Crippen LogP contribution in [0.3, 0.4) is 0 Å². The zero-order valence-corrected chi connectivity index (χ0v) is 20.9. The molecule has 1 aliphatic heterocycles. The molecule has 3 aliphatic carbocycles. The first-order valence-electron chi connectivity index (χ1n) is 11.7. The van der Waals surface area contributed by atoms with Gasteiger partial charge in [0.15, 0.2) is 14.1 Å². The van der Waals surface area contributed by atoms with Gasteiger partial charge in [-0.15, -0.1) is 0 Å². The summed E-state index contributed by atoms with van der Waals surface area (Å²) in [6.45, 7) is 12.9. The summed E-state index contributed by atoms with van der Waals surface area (Å²) < 4.78 is 16.8. The minimum atomic E-state index is -2.05. The standard InChI is InChI=1S/C24H34O7Si/c1-7-29-17(26)9-12-8-16(25)19-14-10-13(31-32(5,6)24(2,3)4)11-15(14)20-21(18(12)19)23(28)30-22(20)27/h12-13,15,18,20-21H,7-11H2,1-6H3/t12-,13-,15+,18-,20+,21-/m0/s1. The molecule has 0 N–H and O–H groups in total. The van der Waals surface area contributed by atoms with E-state index in [0.29, 0.717) is 18.4 Å². The molecule has 3 fully saturated rings. The molecule has 1 heterocycles. The summed E-state index contributed by atoms with van der Waals surface area (Å²) in [7, 11) is -2.05. The Hall–Kier alpha value is -1.80. The predicted molar refractivity (Wildman–Crippen MR) is 118 cm³/mol. The Bertz CT molecular complexity index is 897. The Morgan fingerprint density at radius 1 is 1.06 bits per heavy atom. The molecule has 8 heteroatoms. The van der Waals surface area contributed by atoms with Crippen LogP contribution in [0.15, 0.2) is 11.1 Å². The summed E-state index contributed by atoms with van der Waals surface area (Å²) in [5.41, 5.74) is 1.63. The van der Waals surface area contributed by atoms with Gasteiger partial charge in [0, 0.05) is 24.9 Å². The van der Waals surface area contributed by atoms with Crippen LogP contribution in [-0.2, 0) is 33.1 Å². The third-order valence-electron chi connectivity index (χ3n) is 8.30. The molecule has 0 aromatic carbocycles. The minimum Gasteiger partial charge on any atom is -0.466 e. The summed E-state index contributed by atoms with van der Waals surface area (Å²) >= 11 is 0. The zero-order valence-electron chi connectivity index (χ0n) is 19.9. The van der Waals surface area contributed by atoms with Crippen molar-refractivity contribution < 1.29 is 33.1 Å². The molecular weight excluding hydrogens is 428 g/mol. The van der Waals surface area contributed by atoms with Gasteiger partial charge in [-0.3, -0.25) is 19.2 Å². The number of fused-ring (bicyclic) bond motifs is 5. The third kappa shape index (κ3) is 3.69. The number of cyclic esters (lactones) is 2. The van der Waals surface area contributed by atoms with E-state index >= 15 is 0 Å². The van der Waals surface area contributed by atoms with Gasteiger partial charge in [0.05, 0.1) is 18.4 Å². The van der Waals surface area contributed by atoms with Gasteiger partial charge in [-0.1, -0.05) is 26.3 Å². The summed E-state index contributed by atoms with van der Waals surface area (Å²) in [5, 5.41) is 0.0415. The minimum absolute atomic E-state index is 0.0112. The number of carbonyl (C=O) groups excluding carboxylic acids is 4. The topological polar surface area (TPSA) is 96.0 Å². The molecule has 0 spiro atoms. The second-order valence-electron chi connectivity index (χ2n) is 11.2. The Morgan fingerprint density at radius 3 is 2.34 bits per heavy atom. The number of Topliss-reactive ketones (excluding diaryl/α,β-unsaturated/α-hetero) is 1. The zero-order chi connectivity index (χ0) is 23.6. The van der Waals surface area contributed by atoms with Crippen molar-refractivity contribution >= 4 is 32.0 Å². The third-order valence-corrected chi connectivity index (χ3v) is 12.8. The van der Waals surface area contributed by atoms with Crippen LogP contribution < -0.4 is 0 Å². The van der Waals surface area contributed by atoms with Crippen LogP contribution >= 0.6 is 0 Å². The van der Waals surface area contributed by atoms with Gasteiger partial charge < -0.3 is 13.9 Å². The second kappa shape index (κ2) is 7.90. The molecular formula is C24H34O7Si. The average Bonchev–Trinajstić information content (AvgIpc) is 3.28. The highest BCUT2D eigenvalue weighted by Crippen LogP contribution is 2.59. The van der Waals surface area contributed by atoms with Gasteiger partial charge in [0.1, 0.15) is 0 Å². The normalized spacial score (nSPS) is 34.4. The van der Waals surface area contributed by atoms with Crippen molar-refractivity contribution in [2.24, 2.45) is 29.6 Å². The fourth-order valence-electron chi connectivity index (χ4n) is 5.97. The molecule has 4 aliphatic rings. The highest BCUT2D eigenvalue weighted by atomic mass is 28.4. The lowest BCUT2D eigenvalue weighted by molar-refractivity contribution is -0.154. The Labute approximate surface area is 190 Å². The number of rotatable bonds is 5. The molecule has 0 unspecified atom stereocenters. The summed E-state index contributed by atoms with van der Waals surface area (Å²) in [5.74, 6) is -3.71. The second-order valence-corrected chi connectivity index (χ2v) is 16.0. The van der Waals surface area contributed by atoms with E-state index in [2.05, 4.69) is 33.9 Å². The molecule has 2 saturated carbocycles. The Balaban J connectivity index is 1.70. The number of ether oxygens (including phenoxy) is 2. The quantitative estimate of drug-likeness (QED) is 0.350. The summed E-state index contributed by atoms with van der Waals surface area (Å²) in [6.07, 6.45) is 1.42. The number of allylic oxidation sites excluding steroid dienone is 1. The molecule has 0 radical (unpaired) electrons. The fourth-order valence-corrected chi connectivity index (χ4v) is 7.34. The van der Waals surface area contributed by atoms with Gasteiger partial charge in [-0.25, -0.2) is 0 Å². The number of carbonyl (C=O) groups is 4. The molecule has 176 valence electrons. The molecule has 32 heavy (non-hydrogen) atoms. The number of hydrogen-bond donors (Lipinski definition) is 0. The van der Waals surface area contributed by atoms with E-state index in [1.54, 1.807) is 6.92 Å². The molecule has 4 rings (SSSR count). The first-order chi connectivity index (χ1) is 14.9. The van der Waals surface area contributed by atoms with Gasteiger partial charge in [0.25, 0.3) is 0 Å².